The van der Waals surface area contributed by atoms with Crippen LogP contribution >= 0.6 is 12.6 Å². The topological polar surface area (TPSA) is 46.2 Å². The van der Waals surface area contributed by atoms with Crippen molar-refractivity contribution in [2.45, 2.75) is 70.0 Å². The third-order valence-electron chi connectivity index (χ3n) is 3.43. The number of hydrogen-bond acceptors (Lipinski definition) is 6. The van der Waals surface area contributed by atoms with Crippen LogP contribution in [0.15, 0.2) is 0 Å². The Morgan fingerprint density at radius 3 is 2.06 bits per heavy atom. The van der Waals surface area contributed by atoms with Crippen LogP contribution in [-0.2, 0) is 23.7 Å². The highest BCUT2D eigenvalue weighted by Gasteiger charge is 2.60. The zero-order valence-electron chi connectivity index (χ0n) is 11.1. The lowest BCUT2D eigenvalue weighted by atomic mass is 10.00. The highest BCUT2D eigenvalue weighted by Crippen LogP contribution is 2.44. The zero-order chi connectivity index (χ0) is 13.1. The van der Waals surface area contributed by atoms with E-state index in [0.717, 1.165) is 0 Å². The van der Waals surface area contributed by atoms with Crippen LogP contribution in [0.1, 0.15) is 27.7 Å². The van der Waals surface area contributed by atoms with Crippen LogP contribution in [-0.4, -0.2) is 48.0 Å². The number of rotatable bonds is 1. The summed E-state index contributed by atoms with van der Waals surface area (Å²) in [6, 6.07) is 0. The van der Waals surface area contributed by atoms with E-state index < -0.39 is 17.9 Å². The maximum Gasteiger partial charge on any atom is 0.190 e. The Labute approximate surface area is 112 Å². The zero-order valence-corrected chi connectivity index (χ0v) is 12.0. The first-order chi connectivity index (χ1) is 8.31. The monoisotopic (exact) mass is 276 g/mol. The molecule has 3 rings (SSSR count). The Kier molecular flexibility index (Phi) is 2.97. The summed E-state index contributed by atoms with van der Waals surface area (Å²) in [6.07, 6.45) is -1.12. The van der Waals surface area contributed by atoms with Gasteiger partial charge in [0.15, 0.2) is 17.9 Å². The molecule has 104 valence electrons. The highest BCUT2D eigenvalue weighted by atomic mass is 32.1. The molecule has 0 radical (unpaired) electrons. The lowest BCUT2D eigenvalue weighted by Crippen LogP contribution is -2.55. The van der Waals surface area contributed by atoms with Crippen molar-refractivity contribution in [3.63, 3.8) is 0 Å². The maximum absolute atomic E-state index is 5.95. The van der Waals surface area contributed by atoms with Crippen molar-refractivity contribution in [3.05, 3.63) is 0 Å². The average Bonchev–Trinajstić information content (AvgIpc) is 2.71. The van der Waals surface area contributed by atoms with Crippen molar-refractivity contribution in [3.8, 4) is 0 Å². The predicted molar refractivity (Wildman–Crippen MR) is 66.4 cm³/mol. The van der Waals surface area contributed by atoms with Crippen molar-refractivity contribution >= 4 is 12.6 Å². The fourth-order valence-electron chi connectivity index (χ4n) is 2.84. The van der Waals surface area contributed by atoms with Gasteiger partial charge in [0, 0.05) is 5.75 Å². The molecule has 3 saturated heterocycles. The average molecular weight is 276 g/mol. The molecule has 3 aliphatic rings. The lowest BCUT2D eigenvalue weighted by Gasteiger charge is -2.36. The van der Waals surface area contributed by atoms with E-state index in [1.165, 1.54) is 0 Å². The lowest BCUT2D eigenvalue weighted by molar-refractivity contribution is -0.228. The first-order valence-corrected chi connectivity index (χ1v) is 6.92. The summed E-state index contributed by atoms with van der Waals surface area (Å²) in [7, 11) is 0. The molecule has 3 fully saturated rings. The van der Waals surface area contributed by atoms with Crippen LogP contribution in [0.4, 0.5) is 0 Å². The van der Waals surface area contributed by atoms with Gasteiger partial charge in [0.1, 0.15) is 18.3 Å². The van der Waals surface area contributed by atoms with E-state index in [1.807, 2.05) is 27.7 Å². The Bertz CT molecular complexity index is 345. The maximum atomic E-state index is 5.95. The summed E-state index contributed by atoms with van der Waals surface area (Å²) in [5, 5.41) is 0. The molecule has 5 atom stereocenters. The number of thiol groups is 1. The number of hydrogen-bond donors (Lipinski definition) is 1. The molecule has 0 spiro atoms. The van der Waals surface area contributed by atoms with Crippen LogP contribution in [0, 0.1) is 0 Å². The Balaban J connectivity index is 1.86. The standard InChI is InChI=1S/C12H20O5S/c1-11(2)14-7-6(5-18)13-10-9(8(7)15-11)16-12(3,4)17-10/h6-10,18H,5H2,1-4H3/t6-,7+,8+,9-,10-/m1/s1. The van der Waals surface area contributed by atoms with E-state index in [0.29, 0.717) is 5.75 Å². The minimum absolute atomic E-state index is 0.140. The van der Waals surface area contributed by atoms with Gasteiger partial charge in [0.25, 0.3) is 0 Å². The van der Waals surface area contributed by atoms with E-state index in [-0.39, 0.29) is 24.4 Å². The van der Waals surface area contributed by atoms with Crippen molar-refractivity contribution in [1.29, 1.82) is 0 Å². The third kappa shape index (κ3) is 2.09. The van der Waals surface area contributed by atoms with E-state index in [9.17, 15) is 0 Å². The first-order valence-electron chi connectivity index (χ1n) is 6.29. The molecule has 0 aromatic carbocycles. The molecule has 5 nitrogen and oxygen atoms in total. The quantitative estimate of drug-likeness (QED) is 0.732. The largest absolute Gasteiger partial charge is 0.343 e. The van der Waals surface area contributed by atoms with Crippen LogP contribution in [0.2, 0.25) is 0 Å². The predicted octanol–water partition coefficient (Wildman–Crippen LogP) is 1.31. The van der Waals surface area contributed by atoms with Gasteiger partial charge in [-0.25, -0.2) is 0 Å². The summed E-state index contributed by atoms with van der Waals surface area (Å²) in [5.41, 5.74) is 0. The fraction of sp³-hybridized carbons (Fsp3) is 1.00. The van der Waals surface area contributed by atoms with Crippen molar-refractivity contribution < 1.29 is 23.7 Å². The Hall–Kier alpha value is 0.150. The third-order valence-corrected chi connectivity index (χ3v) is 3.79. The van der Waals surface area contributed by atoms with Crippen molar-refractivity contribution in [1.82, 2.24) is 0 Å². The second-order valence-corrected chi connectivity index (χ2v) is 6.26. The van der Waals surface area contributed by atoms with E-state index in [2.05, 4.69) is 12.6 Å². The molecule has 6 heteroatoms. The summed E-state index contributed by atoms with van der Waals surface area (Å²) in [5.74, 6) is -0.708. The summed E-state index contributed by atoms with van der Waals surface area (Å²) >= 11 is 4.32. The van der Waals surface area contributed by atoms with Crippen LogP contribution in [0.25, 0.3) is 0 Å². The minimum atomic E-state index is -0.651. The molecule has 3 aliphatic heterocycles. The molecule has 0 amide bonds. The molecule has 0 unspecified atom stereocenters. The highest BCUT2D eigenvalue weighted by molar-refractivity contribution is 7.80. The van der Waals surface area contributed by atoms with E-state index >= 15 is 0 Å². The van der Waals surface area contributed by atoms with Gasteiger partial charge >= 0.3 is 0 Å². The van der Waals surface area contributed by atoms with Crippen molar-refractivity contribution in [2.24, 2.45) is 0 Å². The molecule has 0 bridgehead atoms. The summed E-state index contributed by atoms with van der Waals surface area (Å²) in [6.45, 7) is 7.55. The molecule has 0 aromatic heterocycles. The van der Waals surface area contributed by atoms with Gasteiger partial charge < -0.3 is 23.7 Å². The molecule has 3 heterocycles. The molecule has 18 heavy (non-hydrogen) atoms. The Morgan fingerprint density at radius 1 is 0.833 bits per heavy atom. The van der Waals surface area contributed by atoms with Gasteiger partial charge in [0.2, 0.25) is 0 Å². The van der Waals surface area contributed by atoms with E-state index in [4.69, 9.17) is 23.7 Å². The second kappa shape index (κ2) is 4.07. The molecular formula is C12H20O5S. The van der Waals surface area contributed by atoms with Gasteiger partial charge in [-0.1, -0.05) is 0 Å². The van der Waals surface area contributed by atoms with Gasteiger partial charge in [0.05, 0.1) is 6.10 Å². The summed E-state index contributed by atoms with van der Waals surface area (Å²) in [4.78, 5) is 0. The smallest absolute Gasteiger partial charge is 0.190 e. The molecule has 0 aromatic rings. The normalized spacial score (nSPS) is 48.8. The summed E-state index contributed by atoms with van der Waals surface area (Å²) < 4.78 is 29.3. The van der Waals surface area contributed by atoms with Gasteiger partial charge in [-0.3, -0.25) is 0 Å². The number of ether oxygens (including phenoxy) is 5. The second-order valence-electron chi connectivity index (χ2n) is 5.89. The molecule has 0 aliphatic carbocycles. The fourth-order valence-corrected chi connectivity index (χ4v) is 3.13. The SMILES string of the molecule is CC1(C)O[C@H]2[C@@H](O1)[C@@H](CS)O[C@@H]1OC(C)(C)O[C@@H]12. The number of fused-ring (bicyclic) bond motifs is 3. The minimum Gasteiger partial charge on any atom is -0.343 e. The van der Waals surface area contributed by atoms with Crippen LogP contribution in [0.5, 0.6) is 0 Å². The van der Waals surface area contributed by atoms with Gasteiger partial charge in [-0.05, 0) is 27.7 Å². The van der Waals surface area contributed by atoms with Gasteiger partial charge in [-0.2, -0.15) is 12.6 Å². The van der Waals surface area contributed by atoms with Crippen LogP contribution < -0.4 is 0 Å². The molecule has 0 saturated carbocycles. The van der Waals surface area contributed by atoms with Crippen molar-refractivity contribution in [2.75, 3.05) is 5.75 Å². The molecule has 0 N–H and O–H groups in total. The van der Waals surface area contributed by atoms with E-state index in [1.54, 1.807) is 0 Å². The first kappa shape index (κ1) is 13.1. The van der Waals surface area contributed by atoms with Crippen LogP contribution in [0.3, 0.4) is 0 Å². The van der Waals surface area contributed by atoms with Gasteiger partial charge in [-0.15, -0.1) is 0 Å². The Morgan fingerprint density at radius 2 is 1.39 bits per heavy atom. The molecular weight excluding hydrogens is 256 g/mol.